The second kappa shape index (κ2) is 7.37. The van der Waals surface area contributed by atoms with Crippen LogP contribution in [0.2, 0.25) is 0 Å². The highest BCUT2D eigenvalue weighted by Crippen LogP contribution is 2.27. The van der Waals surface area contributed by atoms with Crippen LogP contribution in [0.4, 0.5) is 0 Å². The van der Waals surface area contributed by atoms with Crippen LogP contribution < -0.4 is 0 Å². The second-order valence-corrected chi connectivity index (χ2v) is 5.91. The third-order valence-electron chi connectivity index (χ3n) is 4.43. The lowest BCUT2D eigenvalue weighted by Crippen LogP contribution is -2.31. The Morgan fingerprint density at radius 3 is 2.38 bits per heavy atom. The summed E-state index contributed by atoms with van der Waals surface area (Å²) < 4.78 is 0. The summed E-state index contributed by atoms with van der Waals surface area (Å²) >= 11 is 0. The summed E-state index contributed by atoms with van der Waals surface area (Å²) in [4.78, 5) is 7.21. The number of benzene rings is 1. The Labute approximate surface area is 127 Å². The monoisotopic (exact) mass is 280 g/mol. The Morgan fingerprint density at radius 2 is 1.67 bits per heavy atom. The second-order valence-electron chi connectivity index (χ2n) is 5.91. The number of nitrogens with zero attached hydrogens (tertiary/aromatic N) is 2. The fraction of sp³-hybridized carbons (Fsp3) is 0.421. The van der Waals surface area contributed by atoms with Gasteiger partial charge in [-0.3, -0.25) is 4.98 Å². The molecule has 1 unspecified atom stereocenters. The molecule has 21 heavy (non-hydrogen) atoms. The summed E-state index contributed by atoms with van der Waals surface area (Å²) in [6.45, 7) is 3.71. The van der Waals surface area contributed by atoms with Gasteiger partial charge in [0.15, 0.2) is 0 Å². The van der Waals surface area contributed by atoms with Crippen LogP contribution in [0, 0.1) is 0 Å². The molecule has 1 fully saturated rings. The molecule has 0 spiro atoms. The zero-order valence-electron chi connectivity index (χ0n) is 12.6. The van der Waals surface area contributed by atoms with Crippen molar-refractivity contribution in [2.24, 2.45) is 0 Å². The molecule has 2 nitrogen and oxygen atoms in total. The molecule has 0 aliphatic carbocycles. The molecule has 3 rings (SSSR count). The van der Waals surface area contributed by atoms with Gasteiger partial charge < -0.3 is 4.90 Å². The van der Waals surface area contributed by atoms with Crippen LogP contribution >= 0.6 is 0 Å². The maximum absolute atomic E-state index is 4.60. The van der Waals surface area contributed by atoms with Crippen LogP contribution in [0.3, 0.4) is 0 Å². The van der Waals surface area contributed by atoms with Crippen LogP contribution in [0.5, 0.6) is 0 Å². The van der Waals surface area contributed by atoms with E-state index in [1.54, 1.807) is 0 Å². The average molecular weight is 280 g/mol. The van der Waals surface area contributed by atoms with Gasteiger partial charge in [-0.25, -0.2) is 0 Å². The molecule has 1 aliphatic rings. The molecule has 0 amide bonds. The van der Waals surface area contributed by atoms with Gasteiger partial charge in [-0.2, -0.15) is 0 Å². The molecular formula is C19H24N2. The van der Waals surface area contributed by atoms with E-state index in [0.29, 0.717) is 5.92 Å². The molecule has 0 bridgehead atoms. The van der Waals surface area contributed by atoms with E-state index in [9.17, 15) is 0 Å². The maximum atomic E-state index is 4.60. The van der Waals surface area contributed by atoms with E-state index in [0.717, 1.165) is 6.42 Å². The lowest BCUT2D eigenvalue weighted by molar-refractivity contribution is 0.223. The van der Waals surface area contributed by atoms with Gasteiger partial charge in [0.05, 0.1) is 0 Å². The number of aromatic nitrogens is 1. The summed E-state index contributed by atoms with van der Waals surface area (Å²) in [6.07, 6.45) is 7.19. The Balaban J connectivity index is 1.73. The summed E-state index contributed by atoms with van der Waals surface area (Å²) in [6, 6.07) is 17.1. The van der Waals surface area contributed by atoms with Crippen molar-refractivity contribution >= 4 is 0 Å². The molecular weight excluding hydrogens is 256 g/mol. The van der Waals surface area contributed by atoms with Crippen molar-refractivity contribution in [2.45, 2.75) is 31.6 Å². The van der Waals surface area contributed by atoms with Crippen LogP contribution in [0.25, 0.3) is 0 Å². The number of hydrogen-bond donors (Lipinski definition) is 0. The highest BCUT2D eigenvalue weighted by atomic mass is 15.1. The minimum atomic E-state index is 0.411. The lowest BCUT2D eigenvalue weighted by atomic mass is 9.91. The predicted molar refractivity (Wildman–Crippen MR) is 87.4 cm³/mol. The topological polar surface area (TPSA) is 16.1 Å². The molecule has 2 heterocycles. The number of rotatable bonds is 5. The molecule has 0 radical (unpaired) electrons. The quantitative estimate of drug-likeness (QED) is 0.820. The normalized spacial score (nSPS) is 17.5. The van der Waals surface area contributed by atoms with Crippen LogP contribution in [0.15, 0.2) is 54.7 Å². The van der Waals surface area contributed by atoms with E-state index in [4.69, 9.17) is 0 Å². The third kappa shape index (κ3) is 3.92. The lowest BCUT2D eigenvalue weighted by Gasteiger charge is -2.28. The molecule has 2 heteroatoms. The van der Waals surface area contributed by atoms with Crippen LogP contribution in [-0.2, 0) is 0 Å². The Kier molecular flexibility index (Phi) is 5.01. The van der Waals surface area contributed by atoms with E-state index in [1.165, 1.54) is 50.2 Å². The van der Waals surface area contributed by atoms with Gasteiger partial charge >= 0.3 is 0 Å². The third-order valence-corrected chi connectivity index (χ3v) is 4.43. The van der Waals surface area contributed by atoms with Crippen molar-refractivity contribution in [3.8, 4) is 0 Å². The summed E-state index contributed by atoms with van der Waals surface area (Å²) in [5, 5.41) is 0. The van der Waals surface area contributed by atoms with Crippen molar-refractivity contribution < 1.29 is 0 Å². The van der Waals surface area contributed by atoms with Crippen molar-refractivity contribution in [1.82, 2.24) is 9.88 Å². The first-order chi connectivity index (χ1) is 10.4. The van der Waals surface area contributed by atoms with Gasteiger partial charge in [-0.1, -0.05) is 42.8 Å². The molecule has 110 valence electrons. The number of likely N-dealkylation sites (tertiary alicyclic amines) is 1. The smallest absolute Gasteiger partial charge is 0.0478 e. The molecule has 1 aliphatic heterocycles. The molecule has 0 N–H and O–H groups in total. The fourth-order valence-corrected chi connectivity index (χ4v) is 3.25. The number of pyridine rings is 1. The molecule has 1 aromatic heterocycles. The summed E-state index contributed by atoms with van der Waals surface area (Å²) in [5.41, 5.74) is 2.58. The highest BCUT2D eigenvalue weighted by molar-refractivity contribution is 5.28. The van der Waals surface area contributed by atoms with E-state index >= 15 is 0 Å². The van der Waals surface area contributed by atoms with E-state index in [-0.39, 0.29) is 0 Å². The van der Waals surface area contributed by atoms with Crippen molar-refractivity contribution in [1.29, 1.82) is 0 Å². The first kappa shape index (κ1) is 14.3. The molecule has 1 aromatic carbocycles. The zero-order valence-corrected chi connectivity index (χ0v) is 12.6. The zero-order chi connectivity index (χ0) is 14.3. The molecule has 1 atom stereocenters. The van der Waals surface area contributed by atoms with Gasteiger partial charge in [0.25, 0.3) is 0 Å². The van der Waals surface area contributed by atoms with Crippen molar-refractivity contribution in [3.05, 3.63) is 66.0 Å². The van der Waals surface area contributed by atoms with Gasteiger partial charge in [0, 0.05) is 17.8 Å². The van der Waals surface area contributed by atoms with Gasteiger partial charge in [-0.15, -0.1) is 0 Å². The van der Waals surface area contributed by atoms with E-state index < -0.39 is 0 Å². The highest BCUT2D eigenvalue weighted by Gasteiger charge is 2.17. The van der Waals surface area contributed by atoms with Crippen molar-refractivity contribution in [2.75, 3.05) is 19.6 Å². The average Bonchev–Trinajstić information content (AvgIpc) is 2.58. The Morgan fingerprint density at radius 1 is 0.905 bits per heavy atom. The minimum absolute atomic E-state index is 0.411. The predicted octanol–water partition coefficient (Wildman–Crippen LogP) is 4.09. The standard InChI is InChI=1S/C19H24N2/c1-3-9-17(10-4-1)18(19-11-5-6-13-20-19)12-16-21-14-7-2-8-15-21/h1,3-6,9-11,13,18H,2,7-8,12,14-16H2. The van der Waals surface area contributed by atoms with E-state index in [1.807, 2.05) is 12.3 Å². The summed E-state index contributed by atoms with van der Waals surface area (Å²) in [7, 11) is 0. The number of piperidine rings is 1. The molecule has 2 aromatic rings. The maximum Gasteiger partial charge on any atom is 0.0478 e. The van der Waals surface area contributed by atoms with Crippen LogP contribution in [-0.4, -0.2) is 29.5 Å². The minimum Gasteiger partial charge on any atom is -0.303 e. The van der Waals surface area contributed by atoms with Gasteiger partial charge in [-0.05, 0) is 56.6 Å². The largest absolute Gasteiger partial charge is 0.303 e. The Bertz CT molecular complexity index is 478. The molecule has 0 saturated carbocycles. The van der Waals surface area contributed by atoms with E-state index in [2.05, 4.69) is 52.3 Å². The first-order valence-corrected chi connectivity index (χ1v) is 8.12. The SMILES string of the molecule is c1ccc(C(CCN2CCCCC2)c2ccccn2)cc1. The Hall–Kier alpha value is -1.67. The van der Waals surface area contributed by atoms with Gasteiger partial charge in [0.1, 0.15) is 0 Å². The van der Waals surface area contributed by atoms with Crippen LogP contribution in [0.1, 0.15) is 42.9 Å². The van der Waals surface area contributed by atoms with Crippen molar-refractivity contribution in [3.63, 3.8) is 0 Å². The summed E-state index contributed by atoms with van der Waals surface area (Å²) in [5.74, 6) is 0.411. The molecule has 1 saturated heterocycles. The number of hydrogen-bond acceptors (Lipinski definition) is 2. The van der Waals surface area contributed by atoms with Gasteiger partial charge in [0.2, 0.25) is 0 Å². The first-order valence-electron chi connectivity index (χ1n) is 8.12. The fourth-order valence-electron chi connectivity index (χ4n) is 3.25.